The number of aliphatic hydroxyl groups excluding tert-OH is 1. The molecular weight excluding hydrogens is 290 g/mol. The highest BCUT2D eigenvalue weighted by atomic mass is 32.2. The Morgan fingerprint density at radius 2 is 1.81 bits per heavy atom. The standard InChI is InChI=1S/C15H17NO4S/c1-11-12(10-17)4-3-5-15(11)21(18,19)16-13-6-8-14(20-2)9-7-13/h3-9,16-17H,10H2,1-2H3. The van der Waals surface area contributed by atoms with Crippen molar-refractivity contribution in [2.45, 2.75) is 18.4 Å². The summed E-state index contributed by atoms with van der Waals surface area (Å²) in [6.07, 6.45) is 0. The second-order valence-corrected chi connectivity index (χ2v) is 6.18. The average Bonchev–Trinajstić information content (AvgIpc) is 2.47. The number of aliphatic hydroxyl groups is 1. The highest BCUT2D eigenvalue weighted by molar-refractivity contribution is 7.92. The van der Waals surface area contributed by atoms with Crippen LogP contribution in [0.15, 0.2) is 47.4 Å². The Balaban J connectivity index is 2.33. The zero-order valence-electron chi connectivity index (χ0n) is 11.8. The first-order valence-electron chi connectivity index (χ1n) is 6.34. The Bertz CT molecular complexity index is 724. The minimum Gasteiger partial charge on any atom is -0.497 e. The summed E-state index contributed by atoms with van der Waals surface area (Å²) in [5.74, 6) is 0.649. The molecule has 0 fully saturated rings. The molecule has 0 atom stereocenters. The van der Waals surface area contributed by atoms with E-state index in [2.05, 4.69) is 4.72 Å². The SMILES string of the molecule is COc1ccc(NS(=O)(=O)c2cccc(CO)c2C)cc1. The molecule has 0 aliphatic rings. The molecule has 0 aliphatic heterocycles. The number of ether oxygens (including phenoxy) is 1. The lowest BCUT2D eigenvalue weighted by atomic mass is 10.1. The van der Waals surface area contributed by atoms with Crippen LogP contribution < -0.4 is 9.46 Å². The third kappa shape index (κ3) is 3.34. The van der Waals surface area contributed by atoms with E-state index in [9.17, 15) is 13.5 Å². The highest BCUT2D eigenvalue weighted by Crippen LogP contribution is 2.23. The summed E-state index contributed by atoms with van der Waals surface area (Å²) in [4.78, 5) is 0.157. The molecule has 0 amide bonds. The van der Waals surface area contributed by atoms with Crippen molar-refractivity contribution in [2.24, 2.45) is 0 Å². The Hall–Kier alpha value is -2.05. The fourth-order valence-electron chi connectivity index (χ4n) is 1.99. The number of hydrogen-bond donors (Lipinski definition) is 2. The second kappa shape index (κ2) is 6.15. The summed E-state index contributed by atoms with van der Waals surface area (Å²) >= 11 is 0. The normalized spacial score (nSPS) is 11.2. The molecule has 112 valence electrons. The van der Waals surface area contributed by atoms with E-state index in [4.69, 9.17) is 4.74 Å². The monoisotopic (exact) mass is 307 g/mol. The minimum absolute atomic E-state index is 0.157. The number of benzene rings is 2. The van der Waals surface area contributed by atoms with Crippen molar-refractivity contribution in [3.05, 3.63) is 53.6 Å². The predicted molar refractivity (Wildman–Crippen MR) is 80.9 cm³/mol. The van der Waals surface area contributed by atoms with Gasteiger partial charge in [-0.15, -0.1) is 0 Å². The maximum Gasteiger partial charge on any atom is 0.262 e. The van der Waals surface area contributed by atoms with Crippen LogP contribution in [0.1, 0.15) is 11.1 Å². The van der Waals surface area contributed by atoms with Crippen LogP contribution in [0.3, 0.4) is 0 Å². The third-order valence-corrected chi connectivity index (χ3v) is 4.72. The van der Waals surface area contributed by atoms with Crippen LogP contribution in [0.4, 0.5) is 5.69 Å². The lowest BCUT2D eigenvalue weighted by molar-refractivity contribution is 0.280. The van der Waals surface area contributed by atoms with E-state index < -0.39 is 10.0 Å². The van der Waals surface area contributed by atoms with Gasteiger partial charge in [-0.2, -0.15) is 0 Å². The van der Waals surface area contributed by atoms with Crippen molar-refractivity contribution in [1.82, 2.24) is 0 Å². The van der Waals surface area contributed by atoms with E-state index in [1.165, 1.54) is 6.07 Å². The molecule has 2 N–H and O–H groups in total. The van der Waals surface area contributed by atoms with Crippen molar-refractivity contribution >= 4 is 15.7 Å². The van der Waals surface area contributed by atoms with Crippen LogP contribution in [0.5, 0.6) is 5.75 Å². The maximum absolute atomic E-state index is 12.4. The first kappa shape index (κ1) is 15.3. The van der Waals surface area contributed by atoms with E-state index in [1.54, 1.807) is 50.4 Å². The fraction of sp³-hybridized carbons (Fsp3) is 0.200. The second-order valence-electron chi connectivity index (χ2n) is 4.53. The van der Waals surface area contributed by atoms with Gasteiger partial charge in [0.1, 0.15) is 5.75 Å². The lowest BCUT2D eigenvalue weighted by Gasteiger charge is -2.12. The molecule has 2 rings (SSSR count). The minimum atomic E-state index is -3.70. The van der Waals surface area contributed by atoms with Crippen LogP contribution in [0.25, 0.3) is 0 Å². The predicted octanol–water partition coefficient (Wildman–Crippen LogP) is 2.30. The lowest BCUT2D eigenvalue weighted by Crippen LogP contribution is -2.15. The molecule has 2 aromatic carbocycles. The van der Waals surface area contributed by atoms with Gasteiger partial charge in [0.25, 0.3) is 10.0 Å². The van der Waals surface area contributed by atoms with Crippen molar-refractivity contribution in [3.63, 3.8) is 0 Å². The van der Waals surface area contributed by atoms with Crippen LogP contribution in [0.2, 0.25) is 0 Å². The fourth-order valence-corrected chi connectivity index (χ4v) is 3.34. The quantitative estimate of drug-likeness (QED) is 0.888. The van der Waals surface area contributed by atoms with Gasteiger partial charge in [0, 0.05) is 5.69 Å². The summed E-state index contributed by atoms with van der Waals surface area (Å²) in [5.41, 5.74) is 1.58. The molecule has 2 aromatic rings. The van der Waals surface area contributed by atoms with Crippen LogP contribution in [-0.2, 0) is 16.6 Å². The number of rotatable bonds is 5. The van der Waals surface area contributed by atoms with Gasteiger partial charge in [0.2, 0.25) is 0 Å². The molecule has 0 spiro atoms. The van der Waals surface area contributed by atoms with E-state index in [1.807, 2.05) is 0 Å². The van der Waals surface area contributed by atoms with Gasteiger partial charge in [0.05, 0.1) is 18.6 Å². The molecule has 0 saturated heterocycles. The molecule has 0 radical (unpaired) electrons. The molecule has 0 aliphatic carbocycles. The first-order valence-corrected chi connectivity index (χ1v) is 7.82. The third-order valence-electron chi connectivity index (χ3n) is 3.20. The van der Waals surface area contributed by atoms with Crippen molar-refractivity contribution in [2.75, 3.05) is 11.8 Å². The van der Waals surface area contributed by atoms with Crippen molar-refractivity contribution < 1.29 is 18.3 Å². The number of hydrogen-bond acceptors (Lipinski definition) is 4. The molecule has 0 saturated carbocycles. The van der Waals surface area contributed by atoms with Crippen molar-refractivity contribution in [3.8, 4) is 5.75 Å². The summed E-state index contributed by atoms with van der Waals surface area (Å²) in [7, 11) is -2.15. The highest BCUT2D eigenvalue weighted by Gasteiger charge is 2.18. The molecule has 0 aromatic heterocycles. The smallest absolute Gasteiger partial charge is 0.262 e. The van der Waals surface area contributed by atoms with Gasteiger partial charge >= 0.3 is 0 Å². The molecule has 0 heterocycles. The summed E-state index contributed by atoms with van der Waals surface area (Å²) in [6.45, 7) is 1.48. The van der Waals surface area contributed by atoms with Crippen molar-refractivity contribution in [1.29, 1.82) is 0 Å². The Labute approximate surface area is 124 Å². The largest absolute Gasteiger partial charge is 0.497 e. The van der Waals surface area contributed by atoms with Gasteiger partial charge in [-0.05, 0) is 48.4 Å². The number of sulfonamides is 1. The summed E-state index contributed by atoms with van der Waals surface area (Å²) < 4.78 is 32.4. The zero-order chi connectivity index (χ0) is 15.5. The van der Waals surface area contributed by atoms with Gasteiger partial charge in [-0.3, -0.25) is 4.72 Å². The van der Waals surface area contributed by atoms with E-state index in [0.29, 0.717) is 22.6 Å². The van der Waals surface area contributed by atoms with Crippen LogP contribution >= 0.6 is 0 Å². The maximum atomic E-state index is 12.4. The Morgan fingerprint density at radius 1 is 1.14 bits per heavy atom. The summed E-state index contributed by atoms with van der Waals surface area (Å²) in [5, 5.41) is 9.23. The molecule has 0 unspecified atom stereocenters. The number of anilines is 1. The molecule has 21 heavy (non-hydrogen) atoms. The zero-order valence-corrected chi connectivity index (χ0v) is 12.6. The van der Waals surface area contributed by atoms with Gasteiger partial charge < -0.3 is 9.84 Å². The van der Waals surface area contributed by atoms with Crippen LogP contribution in [-0.4, -0.2) is 20.6 Å². The van der Waals surface area contributed by atoms with E-state index in [0.717, 1.165) is 0 Å². The Morgan fingerprint density at radius 3 is 2.38 bits per heavy atom. The van der Waals surface area contributed by atoms with Crippen LogP contribution in [0, 0.1) is 6.92 Å². The summed E-state index contributed by atoms with van der Waals surface area (Å²) in [6, 6.07) is 11.4. The molecule has 6 heteroatoms. The molecular formula is C15H17NO4S. The average molecular weight is 307 g/mol. The number of nitrogens with one attached hydrogen (secondary N) is 1. The van der Waals surface area contributed by atoms with Gasteiger partial charge in [-0.25, -0.2) is 8.42 Å². The first-order chi connectivity index (χ1) is 9.97. The number of methoxy groups -OCH3 is 1. The van der Waals surface area contributed by atoms with Gasteiger partial charge in [-0.1, -0.05) is 12.1 Å². The topological polar surface area (TPSA) is 75.6 Å². The Kier molecular flexibility index (Phi) is 4.50. The van der Waals surface area contributed by atoms with E-state index >= 15 is 0 Å². The van der Waals surface area contributed by atoms with E-state index in [-0.39, 0.29) is 11.5 Å². The molecule has 5 nitrogen and oxygen atoms in total. The van der Waals surface area contributed by atoms with Gasteiger partial charge in [0.15, 0.2) is 0 Å². The molecule has 0 bridgehead atoms.